The molecular formula is C20H23BrN2O4. The highest BCUT2D eigenvalue weighted by molar-refractivity contribution is 9.10. The third kappa shape index (κ3) is 5.72. The zero-order valence-corrected chi connectivity index (χ0v) is 17.3. The van der Waals surface area contributed by atoms with Gasteiger partial charge in [-0.05, 0) is 59.9 Å². The second-order valence-corrected chi connectivity index (χ2v) is 7.16. The molecule has 0 heterocycles. The Morgan fingerprint density at radius 3 is 2.70 bits per heavy atom. The van der Waals surface area contributed by atoms with Crippen LogP contribution in [0.2, 0.25) is 0 Å². The molecule has 27 heavy (non-hydrogen) atoms. The predicted octanol–water partition coefficient (Wildman–Crippen LogP) is 4.12. The molecule has 0 unspecified atom stereocenters. The average Bonchev–Trinajstić information content (AvgIpc) is 2.63. The van der Waals surface area contributed by atoms with Crippen molar-refractivity contribution in [1.29, 1.82) is 0 Å². The van der Waals surface area contributed by atoms with Crippen LogP contribution in [-0.4, -0.2) is 30.9 Å². The molecule has 2 aromatic carbocycles. The maximum absolute atomic E-state index is 12.0. The number of methoxy groups -OCH3 is 1. The molecule has 0 atom stereocenters. The van der Waals surface area contributed by atoms with E-state index in [1.165, 1.54) is 19.4 Å². The predicted molar refractivity (Wildman–Crippen MR) is 109 cm³/mol. The van der Waals surface area contributed by atoms with Crippen LogP contribution in [0, 0.1) is 6.92 Å². The molecule has 0 aliphatic heterocycles. The summed E-state index contributed by atoms with van der Waals surface area (Å²) in [4.78, 5) is 12.0. The second-order valence-electron chi connectivity index (χ2n) is 6.31. The Hall–Kier alpha value is -2.54. The summed E-state index contributed by atoms with van der Waals surface area (Å²) < 4.78 is 11.7. The van der Waals surface area contributed by atoms with E-state index in [1.807, 2.05) is 19.1 Å². The van der Waals surface area contributed by atoms with E-state index in [4.69, 9.17) is 9.47 Å². The lowest BCUT2D eigenvalue weighted by molar-refractivity contribution is -0.123. The summed E-state index contributed by atoms with van der Waals surface area (Å²) in [6.45, 7) is 5.97. The van der Waals surface area contributed by atoms with Crippen molar-refractivity contribution in [2.45, 2.75) is 26.7 Å². The molecular weight excluding hydrogens is 412 g/mol. The van der Waals surface area contributed by atoms with Crippen molar-refractivity contribution in [3.63, 3.8) is 0 Å². The van der Waals surface area contributed by atoms with Crippen molar-refractivity contribution in [2.24, 2.45) is 5.10 Å². The Morgan fingerprint density at radius 2 is 2.04 bits per heavy atom. The van der Waals surface area contributed by atoms with E-state index in [1.54, 1.807) is 12.1 Å². The zero-order chi connectivity index (χ0) is 20.0. The van der Waals surface area contributed by atoms with E-state index in [2.05, 4.69) is 40.3 Å². The van der Waals surface area contributed by atoms with Crippen molar-refractivity contribution >= 4 is 28.1 Å². The number of amides is 1. The monoisotopic (exact) mass is 434 g/mol. The quantitative estimate of drug-likeness (QED) is 0.507. The largest absolute Gasteiger partial charge is 0.504 e. The highest BCUT2D eigenvalue weighted by Gasteiger charge is 2.12. The maximum atomic E-state index is 12.0. The number of hydrazone groups is 1. The van der Waals surface area contributed by atoms with Gasteiger partial charge in [0.15, 0.2) is 18.1 Å². The summed E-state index contributed by atoms with van der Waals surface area (Å²) in [6, 6.07) is 8.70. The van der Waals surface area contributed by atoms with E-state index < -0.39 is 0 Å². The number of hydrogen-bond acceptors (Lipinski definition) is 5. The van der Waals surface area contributed by atoms with E-state index in [-0.39, 0.29) is 24.2 Å². The van der Waals surface area contributed by atoms with Crippen LogP contribution in [0.3, 0.4) is 0 Å². The van der Waals surface area contributed by atoms with Gasteiger partial charge >= 0.3 is 0 Å². The Kier molecular flexibility index (Phi) is 7.24. The number of aromatic hydroxyl groups is 1. The van der Waals surface area contributed by atoms with Gasteiger partial charge in [0.05, 0.1) is 13.3 Å². The summed E-state index contributed by atoms with van der Waals surface area (Å²) in [6.07, 6.45) is 1.46. The van der Waals surface area contributed by atoms with E-state index >= 15 is 0 Å². The van der Waals surface area contributed by atoms with Gasteiger partial charge in [-0.2, -0.15) is 5.10 Å². The lowest BCUT2D eigenvalue weighted by Crippen LogP contribution is -2.25. The highest BCUT2D eigenvalue weighted by atomic mass is 79.9. The number of nitrogens with zero attached hydrogens (tertiary/aromatic N) is 1. The second kappa shape index (κ2) is 9.41. The molecule has 2 aromatic rings. The van der Waals surface area contributed by atoms with Crippen LogP contribution in [0.4, 0.5) is 0 Å². The lowest BCUT2D eigenvalue weighted by atomic mass is 10.0. The van der Waals surface area contributed by atoms with Gasteiger partial charge in [0.2, 0.25) is 0 Å². The van der Waals surface area contributed by atoms with Gasteiger partial charge in [-0.1, -0.05) is 29.8 Å². The molecule has 0 bridgehead atoms. The Labute approximate surface area is 167 Å². The number of carbonyl (C=O) groups is 1. The number of aryl methyl sites for hydroxylation is 1. The number of hydrogen-bond donors (Lipinski definition) is 2. The lowest BCUT2D eigenvalue weighted by Gasteiger charge is -2.15. The van der Waals surface area contributed by atoms with E-state index in [9.17, 15) is 9.90 Å². The van der Waals surface area contributed by atoms with Crippen LogP contribution in [0.5, 0.6) is 17.2 Å². The smallest absolute Gasteiger partial charge is 0.277 e. The molecule has 0 fully saturated rings. The molecule has 2 N–H and O–H groups in total. The summed E-state index contributed by atoms with van der Waals surface area (Å²) >= 11 is 3.52. The SMILES string of the molecule is COc1cc(/C=N/NC(=O)COc2cc(C)c(Br)cc2C(C)C)ccc1O. The summed E-state index contributed by atoms with van der Waals surface area (Å²) in [5, 5.41) is 13.5. The van der Waals surface area contributed by atoms with Gasteiger partial charge in [0.1, 0.15) is 5.75 Å². The first-order valence-electron chi connectivity index (χ1n) is 8.43. The molecule has 0 aliphatic rings. The number of phenolic OH excluding ortho intramolecular Hbond substituents is 1. The van der Waals surface area contributed by atoms with Gasteiger partial charge in [0, 0.05) is 4.47 Å². The minimum atomic E-state index is -0.368. The molecule has 7 heteroatoms. The molecule has 144 valence electrons. The van der Waals surface area contributed by atoms with Crippen LogP contribution in [0.25, 0.3) is 0 Å². The number of nitrogens with one attached hydrogen (secondary N) is 1. The Morgan fingerprint density at radius 1 is 1.30 bits per heavy atom. The fourth-order valence-corrected chi connectivity index (χ4v) is 2.74. The van der Waals surface area contributed by atoms with E-state index in [0.29, 0.717) is 17.1 Å². The van der Waals surface area contributed by atoms with Crippen LogP contribution < -0.4 is 14.9 Å². The fraction of sp³-hybridized carbons (Fsp3) is 0.300. The van der Waals surface area contributed by atoms with Crippen molar-refractivity contribution in [1.82, 2.24) is 5.43 Å². The minimum Gasteiger partial charge on any atom is -0.504 e. The summed E-state index contributed by atoms with van der Waals surface area (Å²) in [7, 11) is 1.46. The molecule has 1 amide bonds. The fourth-order valence-electron chi connectivity index (χ4n) is 2.38. The van der Waals surface area contributed by atoms with Crippen LogP contribution in [0.15, 0.2) is 39.9 Å². The zero-order valence-electron chi connectivity index (χ0n) is 15.7. The van der Waals surface area contributed by atoms with Crippen molar-refractivity contribution in [2.75, 3.05) is 13.7 Å². The third-order valence-corrected chi connectivity index (χ3v) is 4.73. The molecule has 0 aromatic heterocycles. The highest BCUT2D eigenvalue weighted by Crippen LogP contribution is 2.32. The number of phenols is 1. The standard InChI is InChI=1S/C20H23BrN2O4/c1-12(2)15-9-16(21)13(3)7-18(15)27-11-20(25)23-22-10-14-5-6-17(24)19(8-14)26-4/h5-10,12,24H,11H2,1-4H3,(H,23,25)/b22-10+. The molecule has 0 saturated heterocycles. The van der Waals surface area contributed by atoms with Gasteiger partial charge in [-0.3, -0.25) is 4.79 Å². The van der Waals surface area contributed by atoms with Gasteiger partial charge in [-0.15, -0.1) is 0 Å². The van der Waals surface area contributed by atoms with Crippen molar-refractivity contribution < 1.29 is 19.4 Å². The first kappa shape index (κ1) is 20.8. The first-order chi connectivity index (χ1) is 12.8. The van der Waals surface area contributed by atoms with Crippen LogP contribution >= 0.6 is 15.9 Å². The topological polar surface area (TPSA) is 80.2 Å². The van der Waals surface area contributed by atoms with Crippen molar-refractivity contribution in [3.8, 4) is 17.2 Å². The van der Waals surface area contributed by atoms with Gasteiger partial charge in [-0.25, -0.2) is 5.43 Å². The third-order valence-electron chi connectivity index (χ3n) is 3.88. The molecule has 2 rings (SSSR count). The summed E-state index contributed by atoms with van der Waals surface area (Å²) in [5.74, 6) is 0.959. The number of halogens is 1. The number of ether oxygens (including phenoxy) is 2. The Bertz CT molecular complexity index is 850. The maximum Gasteiger partial charge on any atom is 0.277 e. The van der Waals surface area contributed by atoms with E-state index in [0.717, 1.165) is 15.6 Å². The molecule has 0 saturated carbocycles. The van der Waals surface area contributed by atoms with Crippen molar-refractivity contribution in [3.05, 3.63) is 51.5 Å². The normalized spacial score (nSPS) is 11.0. The van der Waals surface area contributed by atoms with Crippen LogP contribution in [-0.2, 0) is 4.79 Å². The minimum absolute atomic E-state index is 0.0397. The summed E-state index contributed by atoms with van der Waals surface area (Å²) in [5.41, 5.74) is 5.16. The molecule has 0 aliphatic carbocycles. The molecule has 0 radical (unpaired) electrons. The van der Waals surface area contributed by atoms with Crippen LogP contribution in [0.1, 0.15) is 36.5 Å². The number of benzene rings is 2. The van der Waals surface area contributed by atoms with Gasteiger partial charge < -0.3 is 14.6 Å². The number of carbonyl (C=O) groups excluding carboxylic acids is 1. The molecule has 6 nitrogen and oxygen atoms in total. The first-order valence-corrected chi connectivity index (χ1v) is 9.23. The van der Waals surface area contributed by atoms with Gasteiger partial charge in [0.25, 0.3) is 5.91 Å². The molecule has 0 spiro atoms. The number of rotatable bonds is 7. The average molecular weight is 435 g/mol. The Balaban J connectivity index is 1.96.